The molecule has 1 aliphatic rings. The summed E-state index contributed by atoms with van der Waals surface area (Å²) in [6, 6.07) is 15.9. The number of tetrazole rings is 1. The van der Waals surface area contributed by atoms with E-state index in [1.165, 1.54) is 4.68 Å². The van der Waals surface area contributed by atoms with Crippen LogP contribution in [0.25, 0.3) is 5.69 Å². The number of nitrogens with zero attached hydrogens (tertiary/aromatic N) is 5. The maximum absolute atomic E-state index is 13.1. The Morgan fingerprint density at radius 2 is 1.94 bits per heavy atom. The highest BCUT2D eigenvalue weighted by molar-refractivity contribution is 7.99. The fraction of sp³-hybridized carbons (Fsp3) is 0.238. The van der Waals surface area contributed by atoms with Crippen molar-refractivity contribution in [3.8, 4) is 5.69 Å². The van der Waals surface area contributed by atoms with Crippen LogP contribution in [0.1, 0.15) is 24.5 Å². The second-order valence-corrected chi connectivity index (χ2v) is 8.17. The van der Waals surface area contributed by atoms with E-state index in [-0.39, 0.29) is 5.75 Å². The van der Waals surface area contributed by atoms with Crippen LogP contribution in [0.3, 0.4) is 0 Å². The van der Waals surface area contributed by atoms with E-state index >= 15 is 0 Å². The molecule has 4 rings (SSSR count). The van der Waals surface area contributed by atoms with Gasteiger partial charge in [-0.15, -0.1) is 5.10 Å². The number of aryl methyl sites for hydroxylation is 1. The lowest BCUT2D eigenvalue weighted by Gasteiger charge is -2.25. The van der Waals surface area contributed by atoms with E-state index in [0.29, 0.717) is 17.1 Å². The molecular formula is C21H21N7O3S. The highest BCUT2D eigenvalue weighted by atomic mass is 32.2. The Morgan fingerprint density at radius 3 is 2.66 bits per heavy atom. The molecule has 1 aromatic heterocycles. The Hall–Kier alpha value is -3.73. The molecule has 164 valence electrons. The number of rotatable bonds is 7. The Labute approximate surface area is 188 Å². The standard InChI is InChI=1S/C21H21N7O3S/c1-3-21(15-9-5-4-6-10-15)18(30)28(19(31)22-21)24-17(29)13-32-20-23-25-26-27(20)16-11-7-8-14(2)12-16/h4-12H,3,13H2,1-2H3,(H,22,31)(H,24,29). The summed E-state index contributed by atoms with van der Waals surface area (Å²) in [4.78, 5) is 38.1. The summed E-state index contributed by atoms with van der Waals surface area (Å²) in [6.07, 6.45) is 0.341. The van der Waals surface area contributed by atoms with Crippen LogP contribution in [-0.2, 0) is 15.1 Å². The minimum Gasteiger partial charge on any atom is -0.318 e. The van der Waals surface area contributed by atoms with Crippen molar-refractivity contribution in [1.82, 2.24) is 36.0 Å². The molecule has 1 fully saturated rings. The van der Waals surface area contributed by atoms with Crippen molar-refractivity contribution in [1.29, 1.82) is 0 Å². The zero-order valence-electron chi connectivity index (χ0n) is 17.5. The highest BCUT2D eigenvalue weighted by Gasteiger charge is 2.52. The molecule has 1 unspecified atom stereocenters. The molecule has 0 spiro atoms. The SMILES string of the molecule is CCC1(c2ccccc2)NC(=O)N(NC(=O)CSc2nnnn2-c2cccc(C)c2)C1=O. The predicted molar refractivity (Wildman–Crippen MR) is 117 cm³/mol. The molecule has 10 nitrogen and oxygen atoms in total. The van der Waals surface area contributed by atoms with Gasteiger partial charge < -0.3 is 5.32 Å². The number of nitrogens with one attached hydrogen (secondary N) is 2. The van der Waals surface area contributed by atoms with Crippen molar-refractivity contribution in [3.05, 3.63) is 65.7 Å². The van der Waals surface area contributed by atoms with Crippen molar-refractivity contribution in [2.75, 3.05) is 5.75 Å². The van der Waals surface area contributed by atoms with Gasteiger partial charge in [-0.2, -0.15) is 9.69 Å². The van der Waals surface area contributed by atoms with Gasteiger partial charge in [-0.1, -0.05) is 61.2 Å². The summed E-state index contributed by atoms with van der Waals surface area (Å²) in [5.74, 6) is -1.15. The number of hydrazine groups is 1. The first-order valence-electron chi connectivity index (χ1n) is 9.94. The average Bonchev–Trinajstić information content (AvgIpc) is 3.37. The van der Waals surface area contributed by atoms with Crippen LogP contribution in [0.15, 0.2) is 59.8 Å². The van der Waals surface area contributed by atoms with Gasteiger partial charge in [0.15, 0.2) is 0 Å². The minimum atomic E-state index is -1.21. The van der Waals surface area contributed by atoms with Crippen LogP contribution in [0.5, 0.6) is 0 Å². The van der Waals surface area contributed by atoms with Crippen LogP contribution in [-0.4, -0.2) is 48.8 Å². The van der Waals surface area contributed by atoms with Gasteiger partial charge in [0.2, 0.25) is 11.1 Å². The number of hydrogen-bond acceptors (Lipinski definition) is 7. The molecule has 1 saturated heterocycles. The van der Waals surface area contributed by atoms with Crippen molar-refractivity contribution in [2.45, 2.75) is 31.0 Å². The summed E-state index contributed by atoms with van der Waals surface area (Å²) in [5.41, 5.74) is 3.66. The fourth-order valence-electron chi connectivity index (χ4n) is 3.52. The molecule has 1 aliphatic heterocycles. The number of hydrogen-bond donors (Lipinski definition) is 2. The molecule has 11 heteroatoms. The number of carbonyl (C=O) groups is 3. The molecule has 0 bridgehead atoms. The lowest BCUT2D eigenvalue weighted by molar-refractivity contribution is -0.138. The van der Waals surface area contributed by atoms with Crippen LogP contribution in [0, 0.1) is 6.92 Å². The number of carbonyl (C=O) groups excluding carboxylic acids is 3. The Morgan fingerprint density at radius 1 is 1.16 bits per heavy atom. The van der Waals surface area contributed by atoms with Crippen molar-refractivity contribution in [3.63, 3.8) is 0 Å². The summed E-state index contributed by atoms with van der Waals surface area (Å²) in [5, 5.41) is 15.5. The Kier molecular flexibility index (Phi) is 5.91. The second-order valence-electron chi connectivity index (χ2n) is 7.23. The lowest BCUT2D eigenvalue weighted by Crippen LogP contribution is -2.49. The van der Waals surface area contributed by atoms with Gasteiger partial charge in [0.1, 0.15) is 5.54 Å². The molecule has 3 aromatic rings. The van der Waals surface area contributed by atoms with Gasteiger partial charge in [0, 0.05) is 0 Å². The smallest absolute Gasteiger partial charge is 0.318 e. The fourth-order valence-corrected chi connectivity index (χ4v) is 4.20. The van der Waals surface area contributed by atoms with Gasteiger partial charge in [-0.05, 0) is 47.0 Å². The zero-order chi connectivity index (χ0) is 22.7. The average molecular weight is 452 g/mol. The van der Waals surface area contributed by atoms with Crippen molar-refractivity contribution < 1.29 is 14.4 Å². The third-order valence-corrected chi connectivity index (χ3v) is 6.06. The van der Waals surface area contributed by atoms with Crippen LogP contribution < -0.4 is 10.7 Å². The van der Waals surface area contributed by atoms with Gasteiger partial charge in [-0.25, -0.2) is 4.79 Å². The van der Waals surface area contributed by atoms with Crippen molar-refractivity contribution in [2.24, 2.45) is 0 Å². The van der Waals surface area contributed by atoms with E-state index in [9.17, 15) is 14.4 Å². The molecule has 0 radical (unpaired) electrons. The number of imide groups is 1. The normalized spacial score (nSPS) is 18.0. The first-order valence-corrected chi connectivity index (χ1v) is 10.9. The predicted octanol–water partition coefficient (Wildman–Crippen LogP) is 1.95. The maximum atomic E-state index is 13.1. The molecule has 0 aliphatic carbocycles. The molecule has 4 amide bonds. The Bertz CT molecular complexity index is 1170. The van der Waals surface area contributed by atoms with Gasteiger partial charge >= 0.3 is 6.03 Å². The summed E-state index contributed by atoms with van der Waals surface area (Å²) in [7, 11) is 0. The van der Waals surface area contributed by atoms with Crippen LogP contribution in [0.4, 0.5) is 4.79 Å². The number of aromatic nitrogens is 4. The molecular weight excluding hydrogens is 430 g/mol. The molecule has 2 aromatic carbocycles. The molecule has 32 heavy (non-hydrogen) atoms. The second kappa shape index (κ2) is 8.79. The number of urea groups is 1. The minimum absolute atomic E-state index is 0.0896. The Balaban J connectivity index is 1.44. The third kappa shape index (κ3) is 3.94. The molecule has 2 N–H and O–H groups in total. The van der Waals surface area contributed by atoms with E-state index in [1.807, 2.05) is 37.3 Å². The summed E-state index contributed by atoms with van der Waals surface area (Å²) >= 11 is 1.10. The van der Waals surface area contributed by atoms with Gasteiger partial charge in [0.05, 0.1) is 11.4 Å². The van der Waals surface area contributed by atoms with E-state index < -0.39 is 23.4 Å². The maximum Gasteiger partial charge on any atom is 0.344 e. The number of amides is 4. The topological polar surface area (TPSA) is 122 Å². The largest absolute Gasteiger partial charge is 0.344 e. The third-order valence-electron chi connectivity index (χ3n) is 5.14. The lowest BCUT2D eigenvalue weighted by atomic mass is 9.87. The molecule has 1 atom stereocenters. The van der Waals surface area contributed by atoms with E-state index in [2.05, 4.69) is 26.3 Å². The van der Waals surface area contributed by atoms with Gasteiger partial charge in [-0.3, -0.25) is 15.0 Å². The van der Waals surface area contributed by atoms with E-state index in [0.717, 1.165) is 28.0 Å². The molecule has 2 heterocycles. The van der Waals surface area contributed by atoms with E-state index in [4.69, 9.17) is 0 Å². The first-order chi connectivity index (χ1) is 15.4. The monoisotopic (exact) mass is 451 g/mol. The first kappa shape index (κ1) is 21.5. The summed E-state index contributed by atoms with van der Waals surface area (Å²) < 4.78 is 1.52. The number of benzene rings is 2. The zero-order valence-corrected chi connectivity index (χ0v) is 18.3. The summed E-state index contributed by atoms with van der Waals surface area (Å²) in [6.45, 7) is 3.76. The quantitative estimate of drug-likeness (QED) is 0.416. The van der Waals surface area contributed by atoms with Crippen LogP contribution >= 0.6 is 11.8 Å². The van der Waals surface area contributed by atoms with Crippen molar-refractivity contribution >= 4 is 29.6 Å². The van der Waals surface area contributed by atoms with Crippen LogP contribution in [0.2, 0.25) is 0 Å². The number of thioether (sulfide) groups is 1. The molecule has 0 saturated carbocycles. The van der Waals surface area contributed by atoms with E-state index in [1.54, 1.807) is 31.2 Å². The highest BCUT2D eigenvalue weighted by Crippen LogP contribution is 2.31. The van der Waals surface area contributed by atoms with Gasteiger partial charge in [0.25, 0.3) is 5.91 Å².